The molecule has 2 aliphatic heterocycles. The fourth-order valence-electron chi connectivity index (χ4n) is 4.42. The molecule has 0 saturated heterocycles. The largest absolute Gasteiger partial charge is 0.324 e. The summed E-state index contributed by atoms with van der Waals surface area (Å²) in [6, 6.07) is 11.6. The van der Waals surface area contributed by atoms with Gasteiger partial charge in [-0.15, -0.1) is 0 Å². The Bertz CT molecular complexity index is 1230. The highest BCUT2D eigenvalue weighted by Gasteiger charge is 2.30. The van der Waals surface area contributed by atoms with Gasteiger partial charge in [-0.2, -0.15) is 0 Å². The molecule has 0 spiro atoms. The van der Waals surface area contributed by atoms with Crippen molar-refractivity contribution in [2.45, 2.75) is 31.8 Å². The van der Waals surface area contributed by atoms with E-state index in [-0.39, 0.29) is 5.91 Å². The number of hydrogen-bond donors (Lipinski definition) is 1. The van der Waals surface area contributed by atoms with Crippen molar-refractivity contribution in [3.05, 3.63) is 69.3 Å². The molecule has 176 valence electrons. The molecule has 1 amide bonds. The van der Waals surface area contributed by atoms with Crippen LogP contribution < -0.4 is 10.2 Å². The van der Waals surface area contributed by atoms with Crippen molar-refractivity contribution < 1.29 is 4.79 Å². The zero-order valence-corrected chi connectivity index (χ0v) is 21.3. The molecule has 0 atom stereocenters. The van der Waals surface area contributed by atoms with E-state index >= 15 is 0 Å². The van der Waals surface area contributed by atoms with E-state index in [2.05, 4.69) is 52.2 Å². The van der Waals surface area contributed by atoms with Crippen molar-refractivity contribution >= 4 is 58.2 Å². The average Bonchev–Trinajstić information content (AvgIpc) is 2.80. The molecule has 0 saturated carbocycles. The Balaban J connectivity index is 1.34. The number of halogens is 2. The molecule has 3 aromatic rings. The number of benzene rings is 2. The monoisotopic (exact) mass is 513 g/mol. The van der Waals surface area contributed by atoms with E-state index in [0.29, 0.717) is 44.1 Å². The third kappa shape index (κ3) is 4.75. The van der Waals surface area contributed by atoms with E-state index < -0.39 is 0 Å². The zero-order chi connectivity index (χ0) is 23.8. The standard InChI is InChI=1S/C25H25Cl2N5OS/c1-15(2)12-31-9-8-16-6-7-18(10-17(16)13-31)29-25-28-11-19-23(30-25)34-14-32(24(19)33)22-20(26)4-3-5-21(22)27/h3-7,10-11,15H,8-9,12-14H2,1-2H3,(H,28,29,30). The van der Waals surface area contributed by atoms with Crippen LogP contribution in [0.5, 0.6) is 0 Å². The van der Waals surface area contributed by atoms with Gasteiger partial charge < -0.3 is 5.32 Å². The Morgan fingerprint density at radius 1 is 1.15 bits per heavy atom. The Kier molecular flexibility index (Phi) is 6.71. The number of aromatic nitrogens is 2. The second-order valence-electron chi connectivity index (χ2n) is 8.98. The van der Waals surface area contributed by atoms with E-state index in [1.807, 2.05) is 0 Å². The normalized spacial score (nSPS) is 15.9. The molecule has 1 N–H and O–H groups in total. The van der Waals surface area contributed by atoms with E-state index in [1.54, 1.807) is 29.3 Å². The maximum Gasteiger partial charge on any atom is 0.263 e. The first kappa shape index (κ1) is 23.4. The first-order valence-electron chi connectivity index (χ1n) is 11.3. The fourth-order valence-corrected chi connectivity index (χ4v) is 5.97. The van der Waals surface area contributed by atoms with Gasteiger partial charge in [0.05, 0.1) is 27.2 Å². The van der Waals surface area contributed by atoms with Gasteiger partial charge in [0.15, 0.2) is 0 Å². The molecule has 5 rings (SSSR count). The van der Waals surface area contributed by atoms with Crippen molar-refractivity contribution in [1.82, 2.24) is 14.9 Å². The molecule has 2 aromatic carbocycles. The number of amides is 1. The minimum atomic E-state index is -0.214. The summed E-state index contributed by atoms with van der Waals surface area (Å²) in [5.74, 6) is 1.28. The van der Waals surface area contributed by atoms with Gasteiger partial charge in [0.1, 0.15) is 5.03 Å². The van der Waals surface area contributed by atoms with Crippen LogP contribution in [0.4, 0.5) is 17.3 Å². The second-order valence-corrected chi connectivity index (χ2v) is 10.7. The lowest BCUT2D eigenvalue weighted by molar-refractivity contribution is 0.0985. The van der Waals surface area contributed by atoms with Gasteiger partial charge in [0.25, 0.3) is 5.91 Å². The minimum absolute atomic E-state index is 0.214. The van der Waals surface area contributed by atoms with Gasteiger partial charge in [-0.1, -0.05) is 60.9 Å². The summed E-state index contributed by atoms with van der Waals surface area (Å²) in [4.78, 5) is 26.3. The third-order valence-corrected chi connectivity index (χ3v) is 7.53. The number of hydrogen-bond acceptors (Lipinski definition) is 6. The SMILES string of the molecule is CC(C)CN1CCc2ccc(Nc3ncc4c(n3)SCN(c3c(Cl)cccc3Cl)C4=O)cc2C1. The number of nitrogens with zero attached hydrogens (tertiary/aromatic N) is 4. The Labute approximate surface area is 213 Å². The number of nitrogens with one attached hydrogen (secondary N) is 1. The van der Waals surface area contributed by atoms with Crippen LogP contribution in [-0.2, 0) is 13.0 Å². The Hall–Kier alpha value is -2.32. The van der Waals surface area contributed by atoms with Crippen LogP contribution in [0, 0.1) is 5.92 Å². The molecule has 6 nitrogen and oxygen atoms in total. The molecule has 2 aliphatic rings. The van der Waals surface area contributed by atoms with Crippen LogP contribution in [0.1, 0.15) is 35.3 Å². The van der Waals surface area contributed by atoms with E-state index in [9.17, 15) is 4.79 Å². The summed E-state index contributed by atoms with van der Waals surface area (Å²) in [6.45, 7) is 7.68. The molecule has 0 unspecified atom stereocenters. The second kappa shape index (κ2) is 9.74. The van der Waals surface area contributed by atoms with Crippen LogP contribution in [-0.4, -0.2) is 39.7 Å². The van der Waals surface area contributed by atoms with Crippen LogP contribution in [0.25, 0.3) is 0 Å². The Morgan fingerprint density at radius 2 is 1.94 bits per heavy atom. The smallest absolute Gasteiger partial charge is 0.263 e. The highest BCUT2D eigenvalue weighted by Crippen LogP contribution is 2.39. The van der Waals surface area contributed by atoms with Gasteiger partial charge in [-0.25, -0.2) is 9.97 Å². The van der Waals surface area contributed by atoms with Gasteiger partial charge >= 0.3 is 0 Å². The van der Waals surface area contributed by atoms with Crippen molar-refractivity contribution in [2.75, 3.05) is 29.2 Å². The summed E-state index contributed by atoms with van der Waals surface area (Å²) in [6.07, 6.45) is 2.64. The highest BCUT2D eigenvalue weighted by atomic mass is 35.5. The van der Waals surface area contributed by atoms with Crippen molar-refractivity contribution in [2.24, 2.45) is 5.92 Å². The molecule has 0 radical (unpaired) electrons. The number of thioether (sulfide) groups is 1. The average molecular weight is 514 g/mol. The van der Waals surface area contributed by atoms with Crippen LogP contribution in [0.3, 0.4) is 0 Å². The topological polar surface area (TPSA) is 61.4 Å². The number of rotatable bonds is 5. The molecule has 0 aliphatic carbocycles. The van der Waals surface area contributed by atoms with Gasteiger partial charge in [0.2, 0.25) is 5.95 Å². The summed E-state index contributed by atoms with van der Waals surface area (Å²) < 4.78 is 0. The number of para-hydroxylation sites is 1. The lowest BCUT2D eigenvalue weighted by atomic mass is 9.98. The van der Waals surface area contributed by atoms with Crippen LogP contribution >= 0.6 is 35.0 Å². The maximum atomic E-state index is 13.1. The summed E-state index contributed by atoms with van der Waals surface area (Å²) in [5.41, 5.74) is 4.63. The number of carbonyl (C=O) groups excluding carboxylic acids is 1. The number of fused-ring (bicyclic) bond motifs is 2. The molecule has 34 heavy (non-hydrogen) atoms. The predicted octanol–water partition coefficient (Wildman–Crippen LogP) is 6.25. The highest BCUT2D eigenvalue weighted by molar-refractivity contribution is 7.99. The molecular formula is C25H25Cl2N5OS. The van der Waals surface area contributed by atoms with E-state index in [4.69, 9.17) is 23.2 Å². The zero-order valence-electron chi connectivity index (χ0n) is 19.0. The van der Waals surface area contributed by atoms with Crippen LogP contribution in [0.2, 0.25) is 10.0 Å². The van der Waals surface area contributed by atoms with E-state index in [1.165, 1.54) is 22.9 Å². The summed E-state index contributed by atoms with van der Waals surface area (Å²) in [5, 5.41) is 4.82. The number of anilines is 3. The molecule has 0 fully saturated rings. The molecule has 1 aromatic heterocycles. The lowest BCUT2D eigenvalue weighted by Gasteiger charge is -2.30. The van der Waals surface area contributed by atoms with Crippen molar-refractivity contribution in [3.63, 3.8) is 0 Å². The molecule has 0 bridgehead atoms. The predicted molar refractivity (Wildman–Crippen MR) is 140 cm³/mol. The summed E-state index contributed by atoms with van der Waals surface area (Å²) >= 11 is 14.1. The van der Waals surface area contributed by atoms with Crippen molar-refractivity contribution in [3.8, 4) is 0 Å². The molecule has 3 heterocycles. The molecule has 9 heteroatoms. The third-order valence-electron chi connectivity index (χ3n) is 5.94. The minimum Gasteiger partial charge on any atom is -0.324 e. The lowest BCUT2D eigenvalue weighted by Crippen LogP contribution is -2.35. The summed E-state index contributed by atoms with van der Waals surface area (Å²) in [7, 11) is 0. The van der Waals surface area contributed by atoms with Gasteiger partial charge in [-0.3, -0.25) is 14.6 Å². The van der Waals surface area contributed by atoms with Gasteiger partial charge in [0, 0.05) is 31.5 Å². The quantitative estimate of drug-likeness (QED) is 0.406. The first-order chi connectivity index (χ1) is 16.4. The van der Waals surface area contributed by atoms with Crippen LogP contribution in [0.15, 0.2) is 47.6 Å². The molecular weight excluding hydrogens is 489 g/mol. The van der Waals surface area contributed by atoms with E-state index in [0.717, 1.165) is 31.7 Å². The Morgan fingerprint density at radius 3 is 2.71 bits per heavy atom. The first-order valence-corrected chi connectivity index (χ1v) is 13.0. The number of carbonyl (C=O) groups is 1. The maximum absolute atomic E-state index is 13.1. The van der Waals surface area contributed by atoms with Crippen molar-refractivity contribution in [1.29, 1.82) is 0 Å². The fraction of sp³-hybridized carbons (Fsp3) is 0.320. The van der Waals surface area contributed by atoms with Gasteiger partial charge in [-0.05, 0) is 47.7 Å².